The lowest BCUT2D eigenvalue weighted by Gasteiger charge is -2.23. The molecule has 4 nitrogen and oxygen atoms in total. The Morgan fingerprint density at radius 1 is 1.25 bits per heavy atom. The maximum atomic E-state index is 13.0. The van der Waals surface area contributed by atoms with E-state index < -0.39 is 0 Å². The summed E-state index contributed by atoms with van der Waals surface area (Å²) in [4.78, 5) is 19.5. The molecule has 1 saturated heterocycles. The Morgan fingerprint density at radius 2 is 2.08 bits per heavy atom. The molecule has 2 aromatic heterocycles. The average Bonchev–Trinajstić information content (AvgIpc) is 3.01. The number of pyridine rings is 2. The highest BCUT2D eigenvalue weighted by atomic mass is 35.5. The Balaban J connectivity index is 1.95. The van der Waals surface area contributed by atoms with Crippen LogP contribution in [0, 0.1) is 0 Å². The van der Waals surface area contributed by atoms with Crippen LogP contribution < -0.4 is 5.56 Å². The van der Waals surface area contributed by atoms with Gasteiger partial charge in [-0.25, -0.2) is 4.98 Å². The SMILES string of the molecule is CN1CCCC1c1cnc(Cl)cc1-n1ccc2ccccc2c1=O. The fourth-order valence-electron chi connectivity index (χ4n) is 3.58. The Labute approximate surface area is 145 Å². The lowest BCUT2D eigenvalue weighted by molar-refractivity contribution is 0.316. The van der Waals surface area contributed by atoms with Crippen LogP contribution in [-0.4, -0.2) is 28.0 Å². The predicted octanol–water partition coefficient (Wildman–Crippen LogP) is 3.81. The molecule has 5 heteroatoms. The quantitative estimate of drug-likeness (QED) is 0.666. The van der Waals surface area contributed by atoms with Crippen molar-refractivity contribution in [3.8, 4) is 5.69 Å². The van der Waals surface area contributed by atoms with Crippen molar-refractivity contribution in [1.82, 2.24) is 14.5 Å². The lowest BCUT2D eigenvalue weighted by Crippen LogP contribution is -2.23. The number of nitrogens with zero attached hydrogens (tertiary/aromatic N) is 3. The predicted molar refractivity (Wildman–Crippen MR) is 97.0 cm³/mol. The summed E-state index contributed by atoms with van der Waals surface area (Å²) in [7, 11) is 2.11. The molecule has 0 N–H and O–H groups in total. The summed E-state index contributed by atoms with van der Waals surface area (Å²) in [6.07, 6.45) is 5.85. The van der Waals surface area contributed by atoms with Crippen LogP contribution in [0.25, 0.3) is 16.5 Å². The first-order valence-electron chi connectivity index (χ1n) is 8.11. The molecule has 122 valence electrons. The Morgan fingerprint density at radius 3 is 2.88 bits per heavy atom. The minimum atomic E-state index is -0.0303. The number of benzene rings is 1. The monoisotopic (exact) mass is 339 g/mol. The van der Waals surface area contributed by atoms with Gasteiger partial charge in [0.2, 0.25) is 0 Å². The number of aromatic nitrogens is 2. The van der Waals surface area contributed by atoms with Gasteiger partial charge in [0.25, 0.3) is 5.56 Å². The van der Waals surface area contributed by atoms with E-state index in [-0.39, 0.29) is 11.6 Å². The fourth-order valence-corrected chi connectivity index (χ4v) is 3.73. The first-order valence-corrected chi connectivity index (χ1v) is 8.49. The molecule has 4 rings (SSSR count). The minimum Gasteiger partial charge on any atom is -0.299 e. The molecule has 1 fully saturated rings. The second kappa shape index (κ2) is 6.04. The molecule has 1 aromatic carbocycles. The first kappa shape index (κ1) is 15.4. The molecular formula is C19H18ClN3O. The summed E-state index contributed by atoms with van der Waals surface area (Å²) < 4.78 is 1.69. The van der Waals surface area contributed by atoms with E-state index in [1.165, 1.54) is 0 Å². The van der Waals surface area contributed by atoms with Crippen LogP contribution >= 0.6 is 11.6 Å². The van der Waals surface area contributed by atoms with Crippen LogP contribution in [0.4, 0.5) is 0 Å². The molecule has 1 unspecified atom stereocenters. The van der Waals surface area contributed by atoms with Gasteiger partial charge >= 0.3 is 0 Å². The number of hydrogen-bond donors (Lipinski definition) is 0. The molecule has 3 aromatic rings. The van der Waals surface area contributed by atoms with Gasteiger partial charge in [0.1, 0.15) is 5.15 Å². The molecule has 1 aliphatic rings. The number of rotatable bonds is 2. The zero-order chi connectivity index (χ0) is 16.7. The molecular weight excluding hydrogens is 322 g/mol. The van der Waals surface area contributed by atoms with E-state index in [0.717, 1.165) is 36.0 Å². The van der Waals surface area contributed by atoms with Crippen LogP contribution in [0.5, 0.6) is 0 Å². The highest BCUT2D eigenvalue weighted by Crippen LogP contribution is 2.34. The normalized spacial score (nSPS) is 18.3. The van der Waals surface area contributed by atoms with Crippen molar-refractivity contribution in [3.05, 3.63) is 69.9 Å². The Bertz CT molecular complexity index is 966. The molecule has 0 amide bonds. The molecule has 24 heavy (non-hydrogen) atoms. The van der Waals surface area contributed by atoms with Crippen molar-refractivity contribution in [2.75, 3.05) is 13.6 Å². The smallest absolute Gasteiger partial charge is 0.262 e. The van der Waals surface area contributed by atoms with Gasteiger partial charge in [0, 0.05) is 29.4 Å². The van der Waals surface area contributed by atoms with Crippen LogP contribution in [0.2, 0.25) is 5.15 Å². The number of fused-ring (bicyclic) bond motifs is 1. The third-order valence-electron chi connectivity index (χ3n) is 4.83. The van der Waals surface area contributed by atoms with Gasteiger partial charge in [0.05, 0.1) is 5.69 Å². The second-order valence-electron chi connectivity index (χ2n) is 6.28. The molecule has 0 aliphatic carbocycles. The number of halogens is 1. The van der Waals surface area contributed by atoms with Crippen LogP contribution in [0.3, 0.4) is 0 Å². The van der Waals surface area contributed by atoms with Crippen molar-refractivity contribution < 1.29 is 0 Å². The van der Waals surface area contributed by atoms with E-state index in [0.29, 0.717) is 10.5 Å². The van der Waals surface area contributed by atoms with E-state index in [1.807, 2.05) is 42.7 Å². The van der Waals surface area contributed by atoms with Gasteiger partial charge in [-0.15, -0.1) is 0 Å². The van der Waals surface area contributed by atoms with Crippen molar-refractivity contribution in [3.63, 3.8) is 0 Å². The van der Waals surface area contributed by atoms with Crippen LogP contribution in [0.15, 0.2) is 53.6 Å². The van der Waals surface area contributed by atoms with Gasteiger partial charge in [0.15, 0.2) is 0 Å². The van der Waals surface area contributed by atoms with E-state index in [4.69, 9.17) is 11.6 Å². The molecule has 0 spiro atoms. The summed E-state index contributed by atoms with van der Waals surface area (Å²) >= 11 is 6.14. The largest absolute Gasteiger partial charge is 0.299 e. The summed E-state index contributed by atoms with van der Waals surface area (Å²) in [6.45, 7) is 1.05. The van der Waals surface area contributed by atoms with Crippen molar-refractivity contribution in [1.29, 1.82) is 0 Å². The first-order chi connectivity index (χ1) is 11.6. The summed E-state index contributed by atoms with van der Waals surface area (Å²) in [6, 6.07) is 11.7. The van der Waals surface area contributed by atoms with Crippen LogP contribution in [0.1, 0.15) is 24.4 Å². The van der Waals surface area contributed by atoms with Gasteiger partial charge in [-0.2, -0.15) is 0 Å². The number of likely N-dealkylation sites (tertiary alicyclic amines) is 1. The van der Waals surface area contributed by atoms with E-state index in [1.54, 1.807) is 10.6 Å². The summed E-state index contributed by atoms with van der Waals surface area (Å²) in [5, 5.41) is 2.05. The molecule has 0 radical (unpaired) electrons. The maximum absolute atomic E-state index is 13.0. The zero-order valence-corrected chi connectivity index (χ0v) is 14.2. The van der Waals surface area contributed by atoms with Gasteiger partial charge in [-0.05, 0) is 50.0 Å². The molecule has 3 heterocycles. The molecule has 0 saturated carbocycles. The Kier molecular flexibility index (Phi) is 3.87. The van der Waals surface area contributed by atoms with Crippen molar-refractivity contribution >= 4 is 22.4 Å². The topological polar surface area (TPSA) is 38.1 Å². The lowest BCUT2D eigenvalue weighted by atomic mass is 10.0. The summed E-state index contributed by atoms with van der Waals surface area (Å²) in [5.41, 5.74) is 1.85. The molecule has 1 atom stereocenters. The zero-order valence-electron chi connectivity index (χ0n) is 13.4. The van der Waals surface area contributed by atoms with Crippen molar-refractivity contribution in [2.45, 2.75) is 18.9 Å². The molecule has 1 aliphatic heterocycles. The van der Waals surface area contributed by atoms with Gasteiger partial charge in [-0.1, -0.05) is 29.8 Å². The number of hydrogen-bond acceptors (Lipinski definition) is 3. The van der Waals surface area contributed by atoms with Crippen LogP contribution in [-0.2, 0) is 0 Å². The summed E-state index contributed by atoms with van der Waals surface area (Å²) in [5.74, 6) is 0. The van der Waals surface area contributed by atoms with Crippen molar-refractivity contribution in [2.24, 2.45) is 0 Å². The van der Waals surface area contributed by atoms with Gasteiger partial charge < -0.3 is 0 Å². The highest BCUT2D eigenvalue weighted by molar-refractivity contribution is 6.29. The highest BCUT2D eigenvalue weighted by Gasteiger charge is 2.26. The standard InChI is InChI=1S/C19H18ClN3O/c1-22-9-4-7-16(22)15-12-21-18(20)11-17(15)23-10-8-13-5-2-3-6-14(13)19(23)24/h2-3,5-6,8,10-12,16H,4,7,9H2,1H3. The maximum Gasteiger partial charge on any atom is 0.262 e. The average molecular weight is 340 g/mol. The van der Waals surface area contributed by atoms with E-state index in [9.17, 15) is 4.79 Å². The third kappa shape index (κ3) is 2.52. The fraction of sp³-hybridized carbons (Fsp3) is 0.263. The third-order valence-corrected chi connectivity index (χ3v) is 5.04. The second-order valence-corrected chi connectivity index (χ2v) is 6.67. The Hall–Kier alpha value is -2.17. The van der Waals surface area contributed by atoms with E-state index >= 15 is 0 Å². The van der Waals surface area contributed by atoms with E-state index in [2.05, 4.69) is 16.9 Å². The minimum absolute atomic E-state index is 0.0303. The van der Waals surface area contributed by atoms with Gasteiger partial charge in [-0.3, -0.25) is 14.3 Å². The molecule has 0 bridgehead atoms.